The predicted octanol–water partition coefficient (Wildman–Crippen LogP) is -0.887. The van der Waals surface area contributed by atoms with Crippen molar-refractivity contribution in [1.29, 1.82) is 0 Å². The van der Waals surface area contributed by atoms with E-state index in [1.165, 1.54) is 6.21 Å². The molecule has 1 aliphatic heterocycles. The van der Waals surface area contributed by atoms with Gasteiger partial charge in [0.05, 0.1) is 12.4 Å². The molecule has 2 rings (SSSR count). The van der Waals surface area contributed by atoms with Gasteiger partial charge < -0.3 is 0 Å². The van der Waals surface area contributed by atoms with E-state index < -0.39 is 0 Å². The van der Waals surface area contributed by atoms with Crippen molar-refractivity contribution in [3.8, 4) is 0 Å². The number of nitrogens with one attached hydrogen (secondary N) is 1. The summed E-state index contributed by atoms with van der Waals surface area (Å²) in [6.07, 6.45) is 3.10. The number of aromatic amines is 1. The Bertz CT molecular complexity index is 270. The molecule has 1 aromatic heterocycles. The van der Waals surface area contributed by atoms with Crippen molar-refractivity contribution >= 4 is 11.9 Å². The van der Waals surface area contributed by atoms with Gasteiger partial charge in [-0.1, -0.05) is 5.21 Å². The molecule has 2 heterocycles. The third kappa shape index (κ3) is 0.661. The first-order valence-corrected chi connectivity index (χ1v) is 2.64. The van der Waals surface area contributed by atoms with E-state index in [1.54, 1.807) is 6.20 Å². The van der Waals surface area contributed by atoms with Gasteiger partial charge in [-0.05, 0) is 5.53 Å². The van der Waals surface area contributed by atoms with E-state index in [2.05, 4.69) is 31.1 Å². The Balaban J connectivity index is 2.36. The van der Waals surface area contributed by atoms with Crippen molar-refractivity contribution < 1.29 is 0 Å². The first kappa shape index (κ1) is 5.10. The molecule has 0 aliphatic carbocycles. The molecule has 0 amide bonds. The normalized spacial score (nSPS) is 15.0. The van der Waals surface area contributed by atoms with Gasteiger partial charge in [-0.3, -0.25) is 5.10 Å². The van der Waals surface area contributed by atoms with Gasteiger partial charge in [0.1, 0.15) is 11.4 Å². The van der Waals surface area contributed by atoms with Crippen LogP contribution in [0.1, 0.15) is 5.69 Å². The van der Waals surface area contributed by atoms with Crippen LogP contribution in [0.2, 0.25) is 0 Å². The summed E-state index contributed by atoms with van der Waals surface area (Å²) in [7, 11) is 0. The monoisotopic (exact) mass is 135 g/mol. The van der Waals surface area contributed by atoms with Crippen LogP contribution < -0.4 is 5.53 Å². The zero-order chi connectivity index (χ0) is 6.81. The molecule has 6 heteroatoms. The van der Waals surface area contributed by atoms with Gasteiger partial charge in [0.25, 0.3) is 0 Å². The molecule has 0 unspecified atom stereocenters. The highest BCUT2D eigenvalue weighted by atomic mass is 15.5. The minimum Gasteiger partial charge on any atom is -0.256 e. The van der Waals surface area contributed by atoms with Crippen LogP contribution >= 0.6 is 0 Å². The summed E-state index contributed by atoms with van der Waals surface area (Å²) in [6.45, 7) is 0. The van der Waals surface area contributed by atoms with Crippen molar-refractivity contribution in [2.75, 3.05) is 0 Å². The second-order valence-electron chi connectivity index (χ2n) is 1.69. The summed E-state index contributed by atoms with van der Waals surface area (Å²) >= 11 is 0. The summed E-state index contributed by atoms with van der Waals surface area (Å²) in [5.74, 6) is 0. The van der Waals surface area contributed by atoms with Gasteiger partial charge in [0, 0.05) is 0 Å². The van der Waals surface area contributed by atoms with Crippen molar-refractivity contribution in [3.63, 3.8) is 0 Å². The molecular formula is C4H3N6. The number of hydrogen-bond donors (Lipinski definition) is 1. The van der Waals surface area contributed by atoms with Crippen molar-refractivity contribution in [1.82, 2.24) is 20.9 Å². The average Bonchev–Trinajstić information content (AvgIpc) is 2.59. The number of H-pyrrole nitrogens is 1. The van der Waals surface area contributed by atoms with Crippen LogP contribution in [0.4, 0.5) is 0 Å². The van der Waals surface area contributed by atoms with Gasteiger partial charge >= 0.3 is 0 Å². The molecule has 0 bridgehead atoms. The fourth-order valence-electron chi connectivity index (χ4n) is 0.625. The fourth-order valence-corrected chi connectivity index (χ4v) is 0.625. The van der Waals surface area contributed by atoms with E-state index in [-0.39, 0.29) is 0 Å². The summed E-state index contributed by atoms with van der Waals surface area (Å²) in [6, 6.07) is 0. The van der Waals surface area contributed by atoms with Crippen LogP contribution in [-0.4, -0.2) is 27.3 Å². The Morgan fingerprint density at radius 1 is 1.40 bits per heavy atom. The molecule has 1 N–H and O–H groups in total. The smallest absolute Gasteiger partial charge is 0.134 e. The SMILES string of the molecule is C1=N[N]N=C1c1cnn[nH]1. The number of aromatic nitrogens is 3. The van der Waals surface area contributed by atoms with Crippen LogP contribution in [0.3, 0.4) is 0 Å². The molecule has 49 valence electrons. The Labute approximate surface area is 56.0 Å². The molecular weight excluding hydrogens is 132 g/mol. The van der Waals surface area contributed by atoms with Gasteiger partial charge in [-0.15, -0.1) is 15.3 Å². The van der Waals surface area contributed by atoms with Gasteiger partial charge in [-0.25, -0.2) is 0 Å². The number of rotatable bonds is 1. The summed E-state index contributed by atoms with van der Waals surface area (Å²) < 4.78 is 0. The lowest BCUT2D eigenvalue weighted by atomic mass is 10.3. The van der Waals surface area contributed by atoms with Crippen LogP contribution in [-0.2, 0) is 0 Å². The highest BCUT2D eigenvalue weighted by Crippen LogP contribution is 1.94. The predicted molar refractivity (Wildman–Crippen MR) is 33.5 cm³/mol. The van der Waals surface area contributed by atoms with Crippen molar-refractivity contribution in [2.24, 2.45) is 10.2 Å². The lowest BCUT2D eigenvalue weighted by Gasteiger charge is -1.82. The number of hydrogen-bond acceptors (Lipinski definition) is 4. The van der Waals surface area contributed by atoms with E-state index >= 15 is 0 Å². The van der Waals surface area contributed by atoms with E-state index in [1.807, 2.05) is 0 Å². The quantitative estimate of drug-likeness (QED) is 0.542. The summed E-state index contributed by atoms with van der Waals surface area (Å²) in [5.41, 5.74) is 4.79. The standard InChI is InChI=1S/C4H3N6/c1-3(7-9-5-1)4-2-6-10-8-4/h1-2H,(H,5,7,9). The third-order valence-electron chi connectivity index (χ3n) is 1.08. The Morgan fingerprint density at radius 3 is 3.00 bits per heavy atom. The van der Waals surface area contributed by atoms with Crippen LogP contribution in [0, 0.1) is 0 Å². The first-order valence-electron chi connectivity index (χ1n) is 2.64. The molecule has 10 heavy (non-hydrogen) atoms. The maximum atomic E-state index is 3.69. The molecule has 0 spiro atoms. The van der Waals surface area contributed by atoms with Crippen molar-refractivity contribution in [2.45, 2.75) is 0 Å². The van der Waals surface area contributed by atoms with E-state index in [0.29, 0.717) is 5.71 Å². The average molecular weight is 135 g/mol. The van der Waals surface area contributed by atoms with E-state index in [4.69, 9.17) is 0 Å². The topological polar surface area (TPSA) is 80.4 Å². The fraction of sp³-hybridized carbons (Fsp3) is 0. The van der Waals surface area contributed by atoms with Crippen molar-refractivity contribution in [3.05, 3.63) is 11.9 Å². The van der Waals surface area contributed by atoms with Crippen LogP contribution in [0.15, 0.2) is 16.4 Å². The second-order valence-corrected chi connectivity index (χ2v) is 1.69. The van der Waals surface area contributed by atoms with E-state index in [0.717, 1.165) is 5.69 Å². The largest absolute Gasteiger partial charge is 0.256 e. The van der Waals surface area contributed by atoms with E-state index in [9.17, 15) is 0 Å². The molecule has 1 aromatic rings. The maximum Gasteiger partial charge on any atom is 0.134 e. The highest BCUT2D eigenvalue weighted by molar-refractivity contribution is 6.38. The van der Waals surface area contributed by atoms with Crippen LogP contribution in [0.25, 0.3) is 0 Å². The Kier molecular flexibility index (Phi) is 0.970. The molecule has 1 radical (unpaired) electrons. The molecule has 0 fully saturated rings. The molecule has 0 saturated carbocycles. The van der Waals surface area contributed by atoms with Crippen LogP contribution in [0.5, 0.6) is 0 Å². The summed E-state index contributed by atoms with van der Waals surface area (Å²) in [5, 5.41) is 16.9. The molecule has 6 nitrogen and oxygen atoms in total. The second kappa shape index (κ2) is 1.90. The number of nitrogens with zero attached hydrogens (tertiary/aromatic N) is 5. The Hall–Kier alpha value is -1.72. The van der Waals surface area contributed by atoms with Gasteiger partial charge in [0.15, 0.2) is 0 Å². The molecule has 0 aromatic carbocycles. The maximum absolute atomic E-state index is 3.69. The van der Waals surface area contributed by atoms with Gasteiger partial charge in [0.2, 0.25) is 0 Å². The Morgan fingerprint density at radius 2 is 2.40 bits per heavy atom. The zero-order valence-electron chi connectivity index (χ0n) is 4.89. The first-order chi connectivity index (χ1) is 4.97. The minimum absolute atomic E-state index is 0.657. The molecule has 0 atom stereocenters. The third-order valence-corrected chi connectivity index (χ3v) is 1.08. The molecule has 1 aliphatic rings. The zero-order valence-corrected chi connectivity index (χ0v) is 4.89. The lowest BCUT2D eigenvalue weighted by molar-refractivity contribution is 0.813. The lowest BCUT2D eigenvalue weighted by Crippen LogP contribution is -1.99. The minimum atomic E-state index is 0.657. The summed E-state index contributed by atoms with van der Waals surface area (Å²) in [4.78, 5) is 0. The highest BCUT2D eigenvalue weighted by Gasteiger charge is 2.06. The molecule has 0 saturated heterocycles. The van der Waals surface area contributed by atoms with Gasteiger partial charge in [-0.2, -0.15) is 0 Å².